The predicted molar refractivity (Wildman–Crippen MR) is 87.2 cm³/mol. The van der Waals surface area contributed by atoms with Gasteiger partial charge >= 0.3 is 0 Å². The molecule has 104 valence electrons. The smallest absolute Gasteiger partial charge is 0.243 e. The first-order valence-electron chi connectivity index (χ1n) is 6.42. The quantitative estimate of drug-likeness (QED) is 0.884. The maximum Gasteiger partial charge on any atom is 0.243 e. The lowest BCUT2D eigenvalue weighted by molar-refractivity contribution is -0.114. The number of halogens is 1. The number of nitrogens with one attached hydrogen (secondary N) is 2. The molecule has 0 bridgehead atoms. The number of anilines is 2. The van der Waals surface area contributed by atoms with E-state index < -0.39 is 0 Å². The molecule has 2 N–H and O–H groups in total. The van der Waals surface area contributed by atoms with Crippen molar-refractivity contribution in [3.63, 3.8) is 0 Å². The van der Waals surface area contributed by atoms with Gasteiger partial charge in [-0.15, -0.1) is 0 Å². The molecule has 0 atom stereocenters. The van der Waals surface area contributed by atoms with Gasteiger partial charge in [0, 0.05) is 10.2 Å². The molecule has 0 aromatic heterocycles. The number of carbonyl (C=O) groups excluding carboxylic acids is 1. The molecule has 2 rings (SSSR count). The van der Waals surface area contributed by atoms with Crippen LogP contribution in [0.3, 0.4) is 0 Å². The lowest BCUT2D eigenvalue weighted by Gasteiger charge is -2.13. The van der Waals surface area contributed by atoms with Crippen molar-refractivity contribution < 1.29 is 4.79 Å². The minimum absolute atomic E-state index is 0.0699. The van der Waals surface area contributed by atoms with Gasteiger partial charge in [-0.1, -0.05) is 30.3 Å². The van der Waals surface area contributed by atoms with Gasteiger partial charge in [-0.25, -0.2) is 0 Å². The number of hydrogen-bond donors (Lipinski definition) is 2. The molecule has 0 saturated heterocycles. The molecule has 0 aliphatic heterocycles. The highest BCUT2D eigenvalue weighted by molar-refractivity contribution is 9.10. The topological polar surface area (TPSA) is 41.1 Å². The van der Waals surface area contributed by atoms with Crippen LogP contribution in [0.5, 0.6) is 0 Å². The summed E-state index contributed by atoms with van der Waals surface area (Å²) >= 11 is 3.41. The third-order valence-electron chi connectivity index (χ3n) is 3.05. The van der Waals surface area contributed by atoms with Crippen LogP contribution in [-0.4, -0.2) is 12.5 Å². The van der Waals surface area contributed by atoms with Gasteiger partial charge in [0.15, 0.2) is 0 Å². The maximum atomic E-state index is 12.0. The van der Waals surface area contributed by atoms with Crippen molar-refractivity contribution >= 4 is 33.2 Å². The number of amides is 1. The second kappa shape index (κ2) is 6.57. The van der Waals surface area contributed by atoms with Crippen molar-refractivity contribution in [3.05, 3.63) is 58.1 Å². The third kappa shape index (κ3) is 3.61. The largest absolute Gasteiger partial charge is 0.376 e. The molecule has 0 saturated carbocycles. The van der Waals surface area contributed by atoms with Crippen molar-refractivity contribution in [3.8, 4) is 0 Å². The van der Waals surface area contributed by atoms with Gasteiger partial charge in [-0.2, -0.15) is 0 Å². The molecule has 2 aromatic rings. The standard InChI is InChI=1S/C16H17BrN2O/c1-11-6-5-7-12(2)16(11)18-10-15(20)19-14-9-4-3-8-13(14)17/h3-9,18H,10H2,1-2H3,(H,19,20). The number of hydrogen-bond acceptors (Lipinski definition) is 2. The van der Waals surface area contributed by atoms with E-state index in [1.807, 2.05) is 56.3 Å². The molecule has 4 heteroatoms. The molecule has 0 aliphatic rings. The zero-order valence-corrected chi connectivity index (χ0v) is 13.1. The summed E-state index contributed by atoms with van der Waals surface area (Å²) < 4.78 is 0.875. The third-order valence-corrected chi connectivity index (χ3v) is 3.75. The van der Waals surface area contributed by atoms with Crippen LogP contribution in [0.1, 0.15) is 11.1 Å². The van der Waals surface area contributed by atoms with Gasteiger partial charge in [0.05, 0.1) is 12.2 Å². The van der Waals surface area contributed by atoms with E-state index in [1.54, 1.807) is 0 Å². The van der Waals surface area contributed by atoms with Crippen molar-refractivity contribution in [2.24, 2.45) is 0 Å². The molecule has 20 heavy (non-hydrogen) atoms. The second-order valence-electron chi connectivity index (χ2n) is 4.65. The van der Waals surface area contributed by atoms with Gasteiger partial charge in [0.2, 0.25) is 5.91 Å². The first kappa shape index (κ1) is 14.6. The summed E-state index contributed by atoms with van der Waals surface area (Å²) in [6.45, 7) is 4.30. The van der Waals surface area contributed by atoms with Gasteiger partial charge in [0.25, 0.3) is 0 Å². The highest BCUT2D eigenvalue weighted by Gasteiger charge is 2.07. The Hall–Kier alpha value is -1.81. The van der Waals surface area contributed by atoms with Gasteiger partial charge in [-0.3, -0.25) is 4.79 Å². The average Bonchev–Trinajstić information content (AvgIpc) is 2.41. The van der Waals surface area contributed by atoms with Crippen molar-refractivity contribution in [2.75, 3.05) is 17.2 Å². The molecule has 0 fully saturated rings. The Morgan fingerprint density at radius 3 is 2.35 bits per heavy atom. The van der Waals surface area contributed by atoms with E-state index in [4.69, 9.17) is 0 Å². The summed E-state index contributed by atoms with van der Waals surface area (Å²) in [6.07, 6.45) is 0. The van der Waals surface area contributed by atoms with Crippen LogP contribution in [0, 0.1) is 13.8 Å². The van der Waals surface area contributed by atoms with E-state index in [2.05, 4.69) is 26.6 Å². The fourth-order valence-corrected chi connectivity index (χ4v) is 2.40. The minimum atomic E-state index is -0.0699. The fraction of sp³-hybridized carbons (Fsp3) is 0.188. The minimum Gasteiger partial charge on any atom is -0.376 e. The summed E-state index contributed by atoms with van der Waals surface area (Å²) in [5, 5.41) is 6.06. The molecule has 0 heterocycles. The SMILES string of the molecule is Cc1cccc(C)c1NCC(=O)Nc1ccccc1Br. The zero-order valence-electron chi connectivity index (χ0n) is 11.5. The van der Waals surface area contributed by atoms with Gasteiger partial charge in [0.1, 0.15) is 0 Å². The molecule has 1 amide bonds. The van der Waals surface area contributed by atoms with E-state index in [0.29, 0.717) is 0 Å². The van der Waals surface area contributed by atoms with Crippen LogP contribution in [-0.2, 0) is 4.79 Å². The van der Waals surface area contributed by atoms with E-state index in [0.717, 1.165) is 27.0 Å². The fourth-order valence-electron chi connectivity index (χ4n) is 2.02. The van der Waals surface area contributed by atoms with Crippen molar-refractivity contribution in [1.29, 1.82) is 0 Å². The average molecular weight is 333 g/mol. The Labute approximate surface area is 127 Å². The van der Waals surface area contributed by atoms with E-state index in [9.17, 15) is 4.79 Å². The molecular formula is C16H17BrN2O. The lowest BCUT2D eigenvalue weighted by Crippen LogP contribution is -2.22. The molecule has 0 spiro atoms. The number of benzene rings is 2. The van der Waals surface area contributed by atoms with Crippen LogP contribution in [0.2, 0.25) is 0 Å². The van der Waals surface area contributed by atoms with E-state index in [1.165, 1.54) is 0 Å². The van der Waals surface area contributed by atoms with Crippen LogP contribution < -0.4 is 10.6 Å². The van der Waals surface area contributed by atoms with Crippen LogP contribution in [0.15, 0.2) is 46.9 Å². The molecule has 2 aromatic carbocycles. The molecule has 0 aliphatic carbocycles. The summed E-state index contributed by atoms with van der Waals surface area (Å²) in [4.78, 5) is 12.0. The summed E-state index contributed by atoms with van der Waals surface area (Å²) in [6, 6.07) is 13.6. The molecular weight excluding hydrogens is 316 g/mol. The summed E-state index contributed by atoms with van der Waals surface area (Å²) in [5.41, 5.74) is 4.08. The van der Waals surface area contributed by atoms with Gasteiger partial charge < -0.3 is 10.6 Å². The number of carbonyl (C=O) groups is 1. The maximum absolute atomic E-state index is 12.0. The Balaban J connectivity index is 1.98. The van der Waals surface area contributed by atoms with Crippen molar-refractivity contribution in [1.82, 2.24) is 0 Å². The molecule has 3 nitrogen and oxygen atoms in total. The van der Waals surface area contributed by atoms with E-state index in [-0.39, 0.29) is 12.5 Å². The highest BCUT2D eigenvalue weighted by Crippen LogP contribution is 2.21. The first-order chi connectivity index (χ1) is 9.58. The first-order valence-corrected chi connectivity index (χ1v) is 7.21. The lowest BCUT2D eigenvalue weighted by atomic mass is 10.1. The summed E-state index contributed by atoms with van der Waals surface area (Å²) in [5.74, 6) is -0.0699. The Bertz CT molecular complexity index is 605. The zero-order chi connectivity index (χ0) is 14.5. The number of para-hydroxylation sites is 2. The Morgan fingerprint density at radius 2 is 1.70 bits per heavy atom. The van der Waals surface area contributed by atoms with Crippen molar-refractivity contribution in [2.45, 2.75) is 13.8 Å². The number of aryl methyl sites for hydroxylation is 2. The molecule has 0 radical (unpaired) electrons. The Morgan fingerprint density at radius 1 is 1.05 bits per heavy atom. The normalized spacial score (nSPS) is 10.2. The predicted octanol–water partition coefficient (Wildman–Crippen LogP) is 4.12. The molecule has 0 unspecified atom stereocenters. The van der Waals surface area contributed by atoms with Crippen LogP contribution in [0.25, 0.3) is 0 Å². The van der Waals surface area contributed by atoms with Crippen LogP contribution in [0.4, 0.5) is 11.4 Å². The van der Waals surface area contributed by atoms with Crippen LogP contribution >= 0.6 is 15.9 Å². The van der Waals surface area contributed by atoms with Gasteiger partial charge in [-0.05, 0) is 53.0 Å². The summed E-state index contributed by atoms with van der Waals surface area (Å²) in [7, 11) is 0. The Kier molecular flexibility index (Phi) is 4.79. The highest BCUT2D eigenvalue weighted by atomic mass is 79.9. The second-order valence-corrected chi connectivity index (χ2v) is 5.50. The van der Waals surface area contributed by atoms with E-state index >= 15 is 0 Å². The monoisotopic (exact) mass is 332 g/mol. The number of rotatable bonds is 4.